The van der Waals surface area contributed by atoms with Crippen LogP contribution >= 0.6 is 0 Å². The van der Waals surface area contributed by atoms with Gasteiger partial charge in [0.05, 0.1) is 12.3 Å². The lowest BCUT2D eigenvalue weighted by Crippen LogP contribution is -2.35. The van der Waals surface area contributed by atoms with Crippen molar-refractivity contribution in [1.29, 1.82) is 0 Å². The molecule has 0 amide bonds. The van der Waals surface area contributed by atoms with Crippen molar-refractivity contribution in [2.24, 2.45) is 0 Å². The molecule has 0 atom stereocenters. The fourth-order valence-corrected chi connectivity index (χ4v) is 1.49. The Kier molecular flexibility index (Phi) is 3.10. The van der Waals surface area contributed by atoms with Crippen LogP contribution in [-0.4, -0.2) is 6.61 Å². The molecule has 0 aromatic heterocycles. The molecular formula is C12H9F2NO3. The Morgan fingerprint density at radius 1 is 1.22 bits per heavy atom. The molecule has 0 saturated heterocycles. The smallest absolute Gasteiger partial charge is 0.272 e. The fraction of sp³-hybridized carbons (Fsp3) is 0.167. The number of anilines is 2. The highest BCUT2D eigenvalue weighted by Crippen LogP contribution is 2.24. The molecule has 0 unspecified atom stereocenters. The predicted octanol–water partition coefficient (Wildman–Crippen LogP) is 1.70. The van der Waals surface area contributed by atoms with Crippen LogP contribution in [-0.2, 0) is 0 Å². The summed E-state index contributed by atoms with van der Waals surface area (Å²) in [6.07, 6.45) is 0. The largest absolute Gasteiger partial charge is 0.488 e. The van der Waals surface area contributed by atoms with Crippen LogP contribution in [0.5, 0.6) is 5.75 Å². The lowest BCUT2D eigenvalue weighted by Gasteiger charge is -2.13. The van der Waals surface area contributed by atoms with Gasteiger partial charge in [0, 0.05) is 6.07 Å². The second-order valence-corrected chi connectivity index (χ2v) is 3.54. The zero-order chi connectivity index (χ0) is 13.3. The number of hydrogen-bond acceptors (Lipinski definition) is 4. The molecule has 0 heterocycles. The third kappa shape index (κ3) is 1.97. The summed E-state index contributed by atoms with van der Waals surface area (Å²) < 4.78 is 31.0. The summed E-state index contributed by atoms with van der Waals surface area (Å²) >= 11 is 0. The first kappa shape index (κ1) is 12.2. The van der Waals surface area contributed by atoms with Gasteiger partial charge in [0.25, 0.3) is 10.9 Å². The molecule has 18 heavy (non-hydrogen) atoms. The molecule has 0 fully saturated rings. The Balaban J connectivity index is 2.32. The van der Waals surface area contributed by atoms with Crippen LogP contribution in [0.2, 0.25) is 0 Å². The summed E-state index contributed by atoms with van der Waals surface area (Å²) in [4.78, 5) is 22.4. The second-order valence-electron chi connectivity index (χ2n) is 3.54. The Morgan fingerprint density at radius 2 is 1.94 bits per heavy atom. The Labute approximate surface area is 101 Å². The first-order chi connectivity index (χ1) is 8.54. The molecule has 0 aliphatic rings. The molecule has 0 radical (unpaired) electrons. The monoisotopic (exact) mass is 253 g/mol. The maximum absolute atomic E-state index is 13.3. The van der Waals surface area contributed by atoms with Gasteiger partial charge in [-0.3, -0.25) is 9.59 Å². The van der Waals surface area contributed by atoms with Crippen LogP contribution in [0.3, 0.4) is 0 Å². The van der Waals surface area contributed by atoms with Gasteiger partial charge in [0.1, 0.15) is 17.3 Å². The Bertz CT molecular complexity index is 660. The van der Waals surface area contributed by atoms with E-state index in [2.05, 4.69) is 5.32 Å². The van der Waals surface area contributed by atoms with E-state index < -0.39 is 22.5 Å². The molecule has 0 aliphatic heterocycles. The highest BCUT2D eigenvalue weighted by Gasteiger charge is 2.23. The standard InChI is InChI=1S/C12H9F2NO3/c1-2-18-12-9(10(16)11(12)17)15-8-4-3-6(13)5-7(8)14/h3-5,15H,2H2,1H3. The maximum Gasteiger partial charge on any atom is 0.272 e. The van der Waals surface area contributed by atoms with E-state index >= 15 is 0 Å². The molecule has 1 N–H and O–H groups in total. The molecular weight excluding hydrogens is 244 g/mol. The summed E-state index contributed by atoms with van der Waals surface area (Å²) in [5, 5.41) is 2.43. The van der Waals surface area contributed by atoms with E-state index in [0.717, 1.165) is 12.1 Å². The summed E-state index contributed by atoms with van der Waals surface area (Å²) in [6, 6.07) is 2.85. The minimum Gasteiger partial charge on any atom is -0.488 e. The van der Waals surface area contributed by atoms with Crippen LogP contribution in [0.1, 0.15) is 6.92 Å². The topological polar surface area (TPSA) is 55.4 Å². The minimum absolute atomic E-state index is 0.0931. The van der Waals surface area contributed by atoms with E-state index in [-0.39, 0.29) is 23.7 Å². The number of halogens is 2. The van der Waals surface area contributed by atoms with Crippen molar-refractivity contribution in [1.82, 2.24) is 0 Å². The van der Waals surface area contributed by atoms with Crippen LogP contribution in [0.25, 0.3) is 0 Å². The average Bonchev–Trinajstić information content (AvgIpc) is 2.35. The van der Waals surface area contributed by atoms with Gasteiger partial charge in [-0.2, -0.15) is 0 Å². The molecule has 0 saturated carbocycles. The third-order valence-corrected chi connectivity index (χ3v) is 2.35. The fourth-order valence-electron chi connectivity index (χ4n) is 1.49. The summed E-state index contributed by atoms with van der Waals surface area (Å²) in [6.45, 7) is 1.87. The SMILES string of the molecule is CCOc1c(Nc2ccc(F)cc2F)c(=O)c1=O. The van der Waals surface area contributed by atoms with Gasteiger partial charge in [-0.1, -0.05) is 0 Å². The highest BCUT2D eigenvalue weighted by atomic mass is 19.1. The average molecular weight is 253 g/mol. The van der Waals surface area contributed by atoms with Crippen molar-refractivity contribution >= 4 is 11.4 Å². The zero-order valence-corrected chi connectivity index (χ0v) is 9.42. The van der Waals surface area contributed by atoms with Gasteiger partial charge in [0.15, 0.2) is 5.75 Å². The van der Waals surface area contributed by atoms with Crippen molar-refractivity contribution in [3.8, 4) is 5.75 Å². The molecule has 2 aromatic carbocycles. The summed E-state index contributed by atoms with van der Waals surface area (Å²) in [7, 11) is 0. The van der Waals surface area contributed by atoms with E-state index in [9.17, 15) is 18.4 Å². The molecule has 0 spiro atoms. The zero-order valence-electron chi connectivity index (χ0n) is 9.42. The van der Waals surface area contributed by atoms with E-state index in [1.54, 1.807) is 6.92 Å². The van der Waals surface area contributed by atoms with E-state index in [1.165, 1.54) is 0 Å². The minimum atomic E-state index is -0.856. The van der Waals surface area contributed by atoms with E-state index in [1.807, 2.05) is 0 Å². The molecule has 94 valence electrons. The van der Waals surface area contributed by atoms with Crippen LogP contribution < -0.4 is 20.9 Å². The van der Waals surface area contributed by atoms with Crippen molar-refractivity contribution in [2.45, 2.75) is 6.92 Å². The van der Waals surface area contributed by atoms with Gasteiger partial charge in [-0.05, 0) is 19.1 Å². The first-order valence-electron chi connectivity index (χ1n) is 5.22. The van der Waals surface area contributed by atoms with Crippen LogP contribution in [0.15, 0.2) is 27.8 Å². The molecule has 0 aliphatic carbocycles. The lowest BCUT2D eigenvalue weighted by atomic mass is 10.2. The number of benzene rings is 1. The van der Waals surface area contributed by atoms with E-state index in [4.69, 9.17) is 4.74 Å². The van der Waals surface area contributed by atoms with Gasteiger partial charge in [0.2, 0.25) is 0 Å². The quantitative estimate of drug-likeness (QED) is 0.843. The number of rotatable bonds is 4. The van der Waals surface area contributed by atoms with Crippen LogP contribution in [0, 0.1) is 11.6 Å². The lowest BCUT2D eigenvalue weighted by molar-refractivity contribution is 0.335. The molecule has 2 rings (SSSR count). The van der Waals surface area contributed by atoms with E-state index in [0.29, 0.717) is 6.07 Å². The van der Waals surface area contributed by atoms with Crippen LogP contribution in [0.4, 0.5) is 20.2 Å². The second kappa shape index (κ2) is 4.56. The molecule has 4 nitrogen and oxygen atoms in total. The predicted molar refractivity (Wildman–Crippen MR) is 62.2 cm³/mol. The Morgan fingerprint density at radius 3 is 2.56 bits per heavy atom. The van der Waals surface area contributed by atoms with Gasteiger partial charge < -0.3 is 10.1 Å². The Hall–Kier alpha value is -2.24. The van der Waals surface area contributed by atoms with Crippen molar-refractivity contribution < 1.29 is 13.5 Å². The third-order valence-electron chi connectivity index (χ3n) is 2.35. The first-order valence-corrected chi connectivity index (χ1v) is 5.22. The normalized spacial score (nSPS) is 10.6. The number of ether oxygens (including phenoxy) is 1. The summed E-state index contributed by atoms with van der Waals surface area (Å²) in [5.74, 6) is -1.70. The van der Waals surface area contributed by atoms with Crippen molar-refractivity contribution in [2.75, 3.05) is 11.9 Å². The maximum atomic E-state index is 13.3. The number of hydrogen-bond donors (Lipinski definition) is 1. The molecule has 0 bridgehead atoms. The summed E-state index contributed by atoms with van der Waals surface area (Å²) in [5.41, 5.74) is -1.72. The molecule has 2 aromatic rings. The van der Waals surface area contributed by atoms with Crippen molar-refractivity contribution in [3.05, 3.63) is 50.3 Å². The van der Waals surface area contributed by atoms with Gasteiger partial charge in [-0.25, -0.2) is 8.78 Å². The molecule has 6 heteroatoms. The van der Waals surface area contributed by atoms with Gasteiger partial charge in [-0.15, -0.1) is 0 Å². The van der Waals surface area contributed by atoms with Gasteiger partial charge >= 0.3 is 0 Å². The highest BCUT2D eigenvalue weighted by molar-refractivity contribution is 5.70. The number of nitrogens with one attached hydrogen (secondary N) is 1. The van der Waals surface area contributed by atoms with Crippen molar-refractivity contribution in [3.63, 3.8) is 0 Å².